The van der Waals surface area contributed by atoms with Crippen LogP contribution in [0.25, 0.3) is 0 Å². The molecule has 0 aromatic carbocycles. The van der Waals surface area contributed by atoms with Gasteiger partial charge in [0.1, 0.15) is 0 Å². The molecule has 0 aromatic heterocycles. The zero-order valence-corrected chi connectivity index (χ0v) is 11.2. The van der Waals surface area contributed by atoms with Gasteiger partial charge in [0.25, 0.3) is 0 Å². The van der Waals surface area contributed by atoms with E-state index in [-0.39, 0.29) is 23.9 Å². The van der Waals surface area contributed by atoms with Gasteiger partial charge in [-0.25, -0.2) is 0 Å². The number of aliphatic hydroxyl groups excluding tert-OH is 2. The number of rotatable bonds is 4. The van der Waals surface area contributed by atoms with Crippen LogP contribution in [0.4, 0.5) is 0 Å². The zero-order chi connectivity index (χ0) is 13.5. The largest absolute Gasteiger partial charge is 0.481 e. The molecule has 98 valence electrons. The topological polar surface area (TPSA) is 77.8 Å². The molecule has 0 heterocycles. The van der Waals surface area contributed by atoms with Gasteiger partial charge in [0.2, 0.25) is 0 Å². The van der Waals surface area contributed by atoms with E-state index in [1.165, 1.54) is 0 Å². The molecule has 0 fully saturated rings. The van der Waals surface area contributed by atoms with Gasteiger partial charge in [0, 0.05) is 5.41 Å². The summed E-state index contributed by atoms with van der Waals surface area (Å²) in [5.74, 6) is -0.762. The van der Waals surface area contributed by atoms with Crippen LogP contribution < -0.4 is 0 Å². The summed E-state index contributed by atoms with van der Waals surface area (Å²) >= 11 is 0. The van der Waals surface area contributed by atoms with Crippen LogP contribution in [0.1, 0.15) is 41.5 Å². The second-order valence-electron chi connectivity index (χ2n) is 5.33. The van der Waals surface area contributed by atoms with Gasteiger partial charge in [0.05, 0.1) is 18.6 Å². The summed E-state index contributed by atoms with van der Waals surface area (Å²) < 4.78 is 0. The van der Waals surface area contributed by atoms with Crippen molar-refractivity contribution in [3.8, 4) is 0 Å². The smallest absolute Gasteiger partial charge is 0.305 e. The van der Waals surface area contributed by atoms with Crippen LogP contribution in [0.5, 0.6) is 0 Å². The first-order valence-electron chi connectivity index (χ1n) is 5.58. The van der Waals surface area contributed by atoms with E-state index in [4.69, 9.17) is 10.2 Å². The summed E-state index contributed by atoms with van der Waals surface area (Å²) in [6, 6.07) is 0. The van der Waals surface area contributed by atoms with E-state index in [0.717, 1.165) is 0 Å². The molecule has 1 unspecified atom stereocenters. The maximum Gasteiger partial charge on any atom is 0.305 e. The lowest BCUT2D eigenvalue weighted by Gasteiger charge is -2.30. The molecule has 16 heavy (non-hydrogen) atoms. The van der Waals surface area contributed by atoms with Crippen LogP contribution in [0.15, 0.2) is 0 Å². The molecule has 0 bridgehead atoms. The number of carboxylic acid groups (broad SMARTS) is 1. The van der Waals surface area contributed by atoms with Crippen LogP contribution in [0.3, 0.4) is 0 Å². The molecule has 0 saturated heterocycles. The average molecular weight is 234 g/mol. The number of hydrogen-bond donors (Lipinski definition) is 3. The Hall–Kier alpha value is -0.610. The molecule has 0 amide bonds. The minimum absolute atomic E-state index is 0.0341. The highest BCUT2D eigenvalue weighted by Crippen LogP contribution is 2.24. The summed E-state index contributed by atoms with van der Waals surface area (Å²) in [5, 5.41) is 26.3. The van der Waals surface area contributed by atoms with Crippen molar-refractivity contribution in [1.82, 2.24) is 0 Å². The van der Waals surface area contributed by atoms with Crippen LogP contribution in [0.2, 0.25) is 0 Å². The number of carboxylic acids is 1. The van der Waals surface area contributed by atoms with E-state index < -0.39 is 12.1 Å². The van der Waals surface area contributed by atoms with Gasteiger partial charge in [-0.2, -0.15) is 0 Å². The van der Waals surface area contributed by atoms with Gasteiger partial charge < -0.3 is 15.3 Å². The minimum Gasteiger partial charge on any atom is -0.481 e. The van der Waals surface area contributed by atoms with Gasteiger partial charge >= 0.3 is 5.97 Å². The van der Waals surface area contributed by atoms with E-state index in [1.54, 1.807) is 13.8 Å². The first-order chi connectivity index (χ1) is 7.06. The standard InChI is InChI=1S/C8H18O2.C4H8O2/c1-6(2)7(10)8(3,4)5-9;1-3(2)4(5)6/h6-7,9-10H,5H2,1-4H3;3H,1-2H3,(H,5,6). The van der Waals surface area contributed by atoms with Crippen LogP contribution in [-0.2, 0) is 4.79 Å². The fourth-order valence-corrected chi connectivity index (χ4v) is 0.996. The average Bonchev–Trinajstić information content (AvgIpc) is 2.17. The molecule has 0 spiro atoms. The van der Waals surface area contributed by atoms with Crippen LogP contribution in [-0.4, -0.2) is 34.0 Å². The minimum atomic E-state index is -0.741. The molecule has 4 nitrogen and oxygen atoms in total. The number of aliphatic hydroxyl groups is 2. The van der Waals surface area contributed by atoms with E-state index in [2.05, 4.69) is 0 Å². The Bertz CT molecular complexity index is 197. The summed E-state index contributed by atoms with van der Waals surface area (Å²) in [5.41, 5.74) is -0.367. The molecule has 0 aliphatic heterocycles. The van der Waals surface area contributed by atoms with E-state index in [9.17, 15) is 9.90 Å². The molecular weight excluding hydrogens is 208 g/mol. The number of carbonyl (C=O) groups is 1. The lowest BCUT2D eigenvalue weighted by atomic mass is 9.82. The van der Waals surface area contributed by atoms with Crippen molar-refractivity contribution < 1.29 is 20.1 Å². The molecule has 0 aromatic rings. The third-order valence-corrected chi connectivity index (χ3v) is 2.33. The van der Waals surface area contributed by atoms with Crippen molar-refractivity contribution >= 4 is 5.97 Å². The highest BCUT2D eigenvalue weighted by atomic mass is 16.4. The Morgan fingerprint density at radius 2 is 1.50 bits per heavy atom. The van der Waals surface area contributed by atoms with Gasteiger partial charge in [-0.1, -0.05) is 41.5 Å². The molecule has 0 rings (SSSR count). The fraction of sp³-hybridized carbons (Fsp3) is 0.917. The third kappa shape index (κ3) is 7.65. The van der Waals surface area contributed by atoms with Crippen molar-refractivity contribution in [2.24, 2.45) is 17.3 Å². The summed E-state index contributed by atoms with van der Waals surface area (Å²) in [6.07, 6.45) is -0.419. The molecule has 0 radical (unpaired) electrons. The van der Waals surface area contributed by atoms with Gasteiger partial charge in [-0.3, -0.25) is 4.79 Å². The maximum atomic E-state index is 9.70. The van der Waals surface area contributed by atoms with E-state index >= 15 is 0 Å². The normalized spacial score (nSPS) is 13.4. The highest BCUT2D eigenvalue weighted by molar-refractivity contribution is 5.68. The van der Waals surface area contributed by atoms with Crippen molar-refractivity contribution in [2.45, 2.75) is 47.6 Å². The Balaban J connectivity index is 0. The van der Waals surface area contributed by atoms with Crippen molar-refractivity contribution in [2.75, 3.05) is 6.61 Å². The second-order valence-corrected chi connectivity index (χ2v) is 5.33. The molecule has 3 N–H and O–H groups in total. The van der Waals surface area contributed by atoms with Crippen molar-refractivity contribution in [1.29, 1.82) is 0 Å². The summed E-state index contributed by atoms with van der Waals surface area (Å²) in [6.45, 7) is 10.9. The third-order valence-electron chi connectivity index (χ3n) is 2.33. The van der Waals surface area contributed by atoms with Gasteiger partial charge in [0.15, 0.2) is 0 Å². The fourth-order valence-electron chi connectivity index (χ4n) is 0.996. The SMILES string of the molecule is CC(C)C(=O)O.CC(C)C(O)C(C)(C)CO. The Morgan fingerprint density at radius 3 is 1.56 bits per heavy atom. The summed E-state index contributed by atoms with van der Waals surface area (Å²) in [7, 11) is 0. The van der Waals surface area contributed by atoms with Gasteiger partial charge in [-0.15, -0.1) is 0 Å². The molecular formula is C12H26O4. The molecule has 1 atom stereocenters. The number of hydrogen-bond acceptors (Lipinski definition) is 3. The quantitative estimate of drug-likeness (QED) is 0.692. The Morgan fingerprint density at radius 1 is 1.19 bits per heavy atom. The Kier molecular flexibility index (Phi) is 8.47. The molecule has 0 aliphatic rings. The molecule has 0 aliphatic carbocycles. The number of aliphatic carboxylic acids is 1. The lowest BCUT2D eigenvalue weighted by Crippen LogP contribution is -2.36. The predicted octanol–water partition coefficient (Wildman–Crippen LogP) is 1.75. The zero-order valence-electron chi connectivity index (χ0n) is 11.2. The predicted molar refractivity (Wildman–Crippen MR) is 64.2 cm³/mol. The van der Waals surface area contributed by atoms with Crippen molar-refractivity contribution in [3.63, 3.8) is 0 Å². The summed E-state index contributed by atoms with van der Waals surface area (Å²) in [4.78, 5) is 9.70. The Labute approximate surface area is 98.3 Å². The van der Waals surface area contributed by atoms with Crippen LogP contribution >= 0.6 is 0 Å². The first kappa shape index (κ1) is 17.8. The van der Waals surface area contributed by atoms with Crippen LogP contribution in [0, 0.1) is 17.3 Å². The molecule has 0 saturated carbocycles. The first-order valence-corrected chi connectivity index (χ1v) is 5.58. The maximum absolute atomic E-state index is 9.70. The van der Waals surface area contributed by atoms with Crippen molar-refractivity contribution in [3.05, 3.63) is 0 Å². The van der Waals surface area contributed by atoms with E-state index in [0.29, 0.717) is 0 Å². The molecule has 4 heteroatoms. The monoisotopic (exact) mass is 234 g/mol. The second kappa shape index (κ2) is 7.63. The van der Waals surface area contributed by atoms with E-state index in [1.807, 2.05) is 27.7 Å². The highest BCUT2D eigenvalue weighted by Gasteiger charge is 2.28. The lowest BCUT2D eigenvalue weighted by molar-refractivity contribution is -0.140. The van der Waals surface area contributed by atoms with Gasteiger partial charge in [-0.05, 0) is 5.92 Å².